The third-order valence-electron chi connectivity index (χ3n) is 4.99. The molecule has 1 aromatic heterocycles. The molecule has 2 atom stereocenters. The van der Waals surface area contributed by atoms with Gasteiger partial charge in [0.05, 0.1) is 11.8 Å². The average Bonchev–Trinajstić information content (AvgIpc) is 3.26. The summed E-state index contributed by atoms with van der Waals surface area (Å²) in [5.74, 6) is -0.984. The molecule has 1 saturated carbocycles. The standard InChI is InChI=1S/C18H18N4O4/c23-15(9-22-17(24)13-6-1-2-7-14(13)18(22)25)20-12-5-3-4-11(8-12)16-21-19-10-26-16/h3-5,8,10,13-14H,1-2,6-7,9H2,(H,20,23)/t13-,14-/m0/s1. The van der Waals surface area contributed by atoms with Crippen molar-refractivity contribution in [1.29, 1.82) is 0 Å². The first-order valence-corrected chi connectivity index (χ1v) is 8.65. The summed E-state index contributed by atoms with van der Waals surface area (Å²) in [6, 6.07) is 6.93. The van der Waals surface area contributed by atoms with Gasteiger partial charge in [0.1, 0.15) is 6.54 Å². The highest BCUT2D eigenvalue weighted by Gasteiger charge is 2.48. The average molecular weight is 354 g/mol. The number of likely N-dealkylation sites (tertiary alicyclic amines) is 1. The Bertz CT molecular complexity index is 825. The number of nitrogens with zero attached hydrogens (tertiary/aromatic N) is 3. The van der Waals surface area contributed by atoms with Gasteiger partial charge in [-0.15, -0.1) is 10.2 Å². The van der Waals surface area contributed by atoms with Gasteiger partial charge in [-0.3, -0.25) is 19.3 Å². The molecule has 2 aromatic rings. The molecule has 1 aromatic carbocycles. The van der Waals surface area contributed by atoms with Crippen LogP contribution in [0, 0.1) is 11.8 Å². The van der Waals surface area contributed by atoms with Crippen LogP contribution in [0.4, 0.5) is 5.69 Å². The molecule has 0 unspecified atom stereocenters. The van der Waals surface area contributed by atoms with Crippen molar-refractivity contribution in [3.63, 3.8) is 0 Å². The second-order valence-electron chi connectivity index (χ2n) is 6.63. The molecule has 0 bridgehead atoms. The van der Waals surface area contributed by atoms with Crippen molar-refractivity contribution in [3.05, 3.63) is 30.7 Å². The van der Waals surface area contributed by atoms with E-state index in [1.54, 1.807) is 24.3 Å². The molecular formula is C18H18N4O4. The van der Waals surface area contributed by atoms with Gasteiger partial charge in [-0.25, -0.2) is 0 Å². The minimum Gasteiger partial charge on any atom is -0.423 e. The Labute approximate surface area is 149 Å². The third kappa shape index (κ3) is 2.98. The van der Waals surface area contributed by atoms with E-state index in [-0.39, 0.29) is 30.2 Å². The first kappa shape index (κ1) is 16.4. The zero-order valence-corrected chi connectivity index (χ0v) is 14.1. The minimum atomic E-state index is -0.409. The van der Waals surface area contributed by atoms with Gasteiger partial charge in [-0.2, -0.15) is 0 Å². The largest absolute Gasteiger partial charge is 0.423 e. The van der Waals surface area contributed by atoms with Gasteiger partial charge in [-0.1, -0.05) is 18.9 Å². The van der Waals surface area contributed by atoms with Crippen LogP contribution in [0.1, 0.15) is 25.7 Å². The quantitative estimate of drug-likeness (QED) is 0.840. The van der Waals surface area contributed by atoms with Crippen LogP contribution < -0.4 is 5.32 Å². The monoisotopic (exact) mass is 354 g/mol. The van der Waals surface area contributed by atoms with Crippen LogP contribution in [0.2, 0.25) is 0 Å². The van der Waals surface area contributed by atoms with Crippen molar-refractivity contribution in [1.82, 2.24) is 15.1 Å². The maximum Gasteiger partial charge on any atom is 0.247 e. The lowest BCUT2D eigenvalue weighted by Gasteiger charge is -2.19. The maximum atomic E-state index is 12.4. The predicted molar refractivity (Wildman–Crippen MR) is 90.5 cm³/mol. The molecule has 2 aliphatic rings. The lowest BCUT2D eigenvalue weighted by Crippen LogP contribution is -2.38. The summed E-state index contributed by atoms with van der Waals surface area (Å²) in [4.78, 5) is 38.4. The zero-order valence-electron chi connectivity index (χ0n) is 14.1. The van der Waals surface area contributed by atoms with Gasteiger partial charge in [0.2, 0.25) is 30.0 Å². The van der Waals surface area contributed by atoms with Crippen LogP contribution in [0.3, 0.4) is 0 Å². The maximum absolute atomic E-state index is 12.4. The van der Waals surface area contributed by atoms with Crippen molar-refractivity contribution in [2.75, 3.05) is 11.9 Å². The first-order chi connectivity index (χ1) is 12.6. The lowest BCUT2D eigenvalue weighted by atomic mass is 9.81. The highest BCUT2D eigenvalue weighted by atomic mass is 16.4. The van der Waals surface area contributed by atoms with Crippen molar-refractivity contribution in [2.45, 2.75) is 25.7 Å². The lowest BCUT2D eigenvalue weighted by molar-refractivity contribution is -0.142. The highest BCUT2D eigenvalue weighted by Crippen LogP contribution is 2.37. The summed E-state index contributed by atoms with van der Waals surface area (Å²) in [5.41, 5.74) is 1.20. The summed E-state index contributed by atoms with van der Waals surface area (Å²) in [5, 5.41) is 10.2. The molecule has 0 radical (unpaired) electrons. The van der Waals surface area contributed by atoms with Gasteiger partial charge < -0.3 is 9.73 Å². The second-order valence-corrected chi connectivity index (χ2v) is 6.63. The summed E-state index contributed by atoms with van der Waals surface area (Å²) in [7, 11) is 0. The zero-order chi connectivity index (χ0) is 18.1. The van der Waals surface area contributed by atoms with E-state index in [1.807, 2.05) is 0 Å². The number of benzene rings is 1. The van der Waals surface area contributed by atoms with Crippen LogP contribution in [-0.2, 0) is 14.4 Å². The number of imide groups is 1. The van der Waals surface area contributed by atoms with E-state index in [0.717, 1.165) is 30.6 Å². The Balaban J connectivity index is 1.44. The SMILES string of the molecule is O=C(CN1C(=O)[C@H]2CCCC[C@@H]2C1=O)Nc1cccc(-c2nnco2)c1. The molecule has 1 aliphatic carbocycles. The number of carbonyl (C=O) groups excluding carboxylic acids is 3. The molecule has 134 valence electrons. The fourth-order valence-electron chi connectivity index (χ4n) is 3.76. The molecular weight excluding hydrogens is 336 g/mol. The number of fused-ring (bicyclic) bond motifs is 1. The normalized spacial score (nSPS) is 22.4. The third-order valence-corrected chi connectivity index (χ3v) is 4.99. The molecule has 8 heteroatoms. The smallest absolute Gasteiger partial charge is 0.247 e. The van der Waals surface area contributed by atoms with Gasteiger partial charge in [0.15, 0.2) is 0 Å². The Kier molecular flexibility index (Phi) is 4.24. The topological polar surface area (TPSA) is 105 Å². The molecule has 2 fully saturated rings. The van der Waals surface area contributed by atoms with E-state index in [0.29, 0.717) is 17.1 Å². The van der Waals surface area contributed by atoms with E-state index in [2.05, 4.69) is 15.5 Å². The predicted octanol–water partition coefficient (Wildman–Crippen LogP) is 1.85. The minimum absolute atomic E-state index is 0.213. The number of anilines is 1. The van der Waals surface area contributed by atoms with E-state index < -0.39 is 5.91 Å². The number of carbonyl (C=O) groups is 3. The Morgan fingerprint density at radius 2 is 1.92 bits per heavy atom. The fourth-order valence-corrected chi connectivity index (χ4v) is 3.76. The summed E-state index contributed by atoms with van der Waals surface area (Å²) >= 11 is 0. The van der Waals surface area contributed by atoms with Crippen molar-refractivity contribution >= 4 is 23.4 Å². The Morgan fingerprint density at radius 3 is 2.58 bits per heavy atom. The number of hydrogen-bond donors (Lipinski definition) is 1. The van der Waals surface area contributed by atoms with Crippen molar-refractivity contribution in [3.8, 4) is 11.5 Å². The van der Waals surface area contributed by atoms with Crippen LogP contribution in [0.15, 0.2) is 35.1 Å². The molecule has 8 nitrogen and oxygen atoms in total. The second kappa shape index (κ2) is 6.70. The fraction of sp³-hybridized carbons (Fsp3) is 0.389. The Hall–Kier alpha value is -3.03. The molecule has 1 aliphatic heterocycles. The van der Waals surface area contributed by atoms with Crippen LogP contribution in [0.25, 0.3) is 11.5 Å². The molecule has 26 heavy (non-hydrogen) atoms. The van der Waals surface area contributed by atoms with Crippen molar-refractivity contribution in [2.24, 2.45) is 11.8 Å². The van der Waals surface area contributed by atoms with E-state index >= 15 is 0 Å². The Morgan fingerprint density at radius 1 is 1.19 bits per heavy atom. The molecule has 2 heterocycles. The summed E-state index contributed by atoms with van der Waals surface area (Å²) in [6.07, 6.45) is 4.62. The number of aromatic nitrogens is 2. The van der Waals surface area contributed by atoms with Gasteiger partial charge in [0.25, 0.3) is 0 Å². The van der Waals surface area contributed by atoms with Gasteiger partial charge in [0, 0.05) is 11.3 Å². The highest BCUT2D eigenvalue weighted by molar-refractivity contribution is 6.08. The van der Waals surface area contributed by atoms with E-state index in [9.17, 15) is 14.4 Å². The van der Waals surface area contributed by atoms with E-state index in [1.165, 1.54) is 6.39 Å². The number of hydrogen-bond acceptors (Lipinski definition) is 6. The molecule has 3 amide bonds. The van der Waals surface area contributed by atoms with Crippen LogP contribution in [0.5, 0.6) is 0 Å². The van der Waals surface area contributed by atoms with Crippen LogP contribution >= 0.6 is 0 Å². The number of nitrogens with one attached hydrogen (secondary N) is 1. The van der Waals surface area contributed by atoms with Crippen LogP contribution in [-0.4, -0.2) is 39.4 Å². The molecule has 1 saturated heterocycles. The first-order valence-electron chi connectivity index (χ1n) is 8.65. The van der Waals surface area contributed by atoms with Gasteiger partial charge >= 0.3 is 0 Å². The number of amides is 3. The molecule has 4 rings (SSSR count). The molecule has 1 N–H and O–H groups in total. The number of rotatable bonds is 4. The van der Waals surface area contributed by atoms with Gasteiger partial charge in [-0.05, 0) is 31.0 Å². The summed E-state index contributed by atoms with van der Waals surface area (Å²) in [6.45, 7) is -0.255. The van der Waals surface area contributed by atoms with E-state index in [4.69, 9.17) is 4.42 Å². The summed E-state index contributed by atoms with van der Waals surface area (Å²) < 4.78 is 5.14. The van der Waals surface area contributed by atoms with Crippen molar-refractivity contribution < 1.29 is 18.8 Å². The molecule has 0 spiro atoms.